The zero-order chi connectivity index (χ0) is 35.8. The lowest BCUT2D eigenvalue weighted by Gasteiger charge is -2.12. The van der Waals surface area contributed by atoms with E-state index in [-0.39, 0.29) is 0 Å². The van der Waals surface area contributed by atoms with E-state index in [1.165, 1.54) is 27.1 Å². The third-order valence-electron chi connectivity index (χ3n) is 10.1. The summed E-state index contributed by atoms with van der Waals surface area (Å²) in [5.41, 5.74) is 10.5. The Morgan fingerprint density at radius 2 is 0.611 bits per heavy atom. The molecule has 0 bridgehead atoms. The highest BCUT2D eigenvalue weighted by Gasteiger charge is 2.14. The Kier molecular flexibility index (Phi) is 7.77. The third kappa shape index (κ3) is 5.86. The van der Waals surface area contributed by atoms with Crippen LogP contribution >= 0.6 is 0 Å². The highest BCUT2D eigenvalue weighted by Crippen LogP contribution is 2.36. The van der Waals surface area contributed by atoms with Gasteiger partial charge in [-0.25, -0.2) is 19.9 Å². The van der Waals surface area contributed by atoms with E-state index in [0.29, 0.717) is 17.5 Å². The number of hydrogen-bond acceptors (Lipinski definition) is 4. The number of hydrogen-bond donors (Lipinski definition) is 0. The summed E-state index contributed by atoms with van der Waals surface area (Å²) >= 11 is 0. The fourth-order valence-electron chi connectivity index (χ4n) is 7.29. The van der Waals surface area contributed by atoms with E-state index in [0.717, 1.165) is 55.5 Å². The van der Waals surface area contributed by atoms with Crippen molar-refractivity contribution in [2.45, 2.75) is 0 Å². The van der Waals surface area contributed by atoms with Gasteiger partial charge in [0.05, 0.1) is 11.2 Å². The number of benzene rings is 8. The first kappa shape index (κ1) is 31.4. The number of pyridine rings is 1. The Labute approximate surface area is 313 Å². The predicted octanol–water partition coefficient (Wildman–Crippen LogP) is 12.7. The van der Waals surface area contributed by atoms with Crippen LogP contribution in [0.15, 0.2) is 194 Å². The number of nitrogens with zero attached hydrogens (tertiary/aromatic N) is 4. The van der Waals surface area contributed by atoms with Crippen LogP contribution in [0.1, 0.15) is 0 Å². The Morgan fingerprint density at radius 3 is 1.15 bits per heavy atom. The van der Waals surface area contributed by atoms with Crippen molar-refractivity contribution in [1.29, 1.82) is 0 Å². The number of rotatable bonds is 6. The summed E-state index contributed by atoms with van der Waals surface area (Å²) in [6.45, 7) is 0. The fourth-order valence-corrected chi connectivity index (χ4v) is 7.29. The van der Waals surface area contributed by atoms with Gasteiger partial charge in [0.2, 0.25) is 0 Å². The van der Waals surface area contributed by atoms with Gasteiger partial charge in [-0.1, -0.05) is 182 Å². The molecule has 2 aromatic heterocycles. The van der Waals surface area contributed by atoms with Crippen LogP contribution in [0.3, 0.4) is 0 Å². The molecule has 0 aliphatic heterocycles. The molecule has 0 unspecified atom stereocenters. The van der Waals surface area contributed by atoms with Crippen LogP contribution in [0.4, 0.5) is 0 Å². The number of aromatic nitrogens is 4. The summed E-state index contributed by atoms with van der Waals surface area (Å²) in [4.78, 5) is 20.1. The maximum absolute atomic E-state index is 5.23. The average molecular weight is 689 g/mol. The van der Waals surface area contributed by atoms with Crippen molar-refractivity contribution < 1.29 is 0 Å². The zero-order valence-corrected chi connectivity index (χ0v) is 29.3. The van der Waals surface area contributed by atoms with Crippen LogP contribution in [-0.2, 0) is 0 Å². The molecular formula is C50H32N4. The number of fused-ring (bicyclic) bond motifs is 4. The molecule has 54 heavy (non-hydrogen) atoms. The molecule has 0 aliphatic carbocycles. The summed E-state index contributed by atoms with van der Waals surface area (Å²) in [5, 5.41) is 5.95. The largest absolute Gasteiger partial charge is 0.247 e. The van der Waals surface area contributed by atoms with Crippen LogP contribution in [-0.4, -0.2) is 19.9 Å². The lowest BCUT2D eigenvalue weighted by molar-refractivity contribution is 1.07. The molecule has 0 aliphatic rings. The van der Waals surface area contributed by atoms with E-state index in [1.807, 2.05) is 36.4 Å². The molecule has 4 heteroatoms. The minimum atomic E-state index is 0.634. The van der Waals surface area contributed by atoms with Gasteiger partial charge in [-0.2, -0.15) is 0 Å². The third-order valence-corrected chi connectivity index (χ3v) is 10.1. The maximum atomic E-state index is 5.23. The first-order chi connectivity index (χ1) is 26.7. The maximum Gasteiger partial charge on any atom is 0.164 e. The van der Waals surface area contributed by atoms with E-state index in [2.05, 4.69) is 158 Å². The second-order valence-electron chi connectivity index (χ2n) is 13.5. The van der Waals surface area contributed by atoms with Gasteiger partial charge in [0.15, 0.2) is 17.5 Å². The Hall–Kier alpha value is -7.30. The van der Waals surface area contributed by atoms with Crippen molar-refractivity contribution in [3.05, 3.63) is 194 Å². The van der Waals surface area contributed by atoms with Crippen molar-refractivity contribution in [3.63, 3.8) is 0 Å². The van der Waals surface area contributed by atoms with Gasteiger partial charge < -0.3 is 0 Å². The summed E-state index contributed by atoms with van der Waals surface area (Å²) in [6, 6.07) is 67.6. The van der Waals surface area contributed by atoms with Gasteiger partial charge in [-0.05, 0) is 50.5 Å². The second-order valence-corrected chi connectivity index (χ2v) is 13.5. The molecule has 0 saturated carbocycles. The first-order valence-electron chi connectivity index (χ1n) is 18.1. The minimum absolute atomic E-state index is 0.634. The minimum Gasteiger partial charge on any atom is -0.247 e. The van der Waals surface area contributed by atoms with E-state index >= 15 is 0 Å². The lowest BCUT2D eigenvalue weighted by atomic mass is 9.96. The smallest absolute Gasteiger partial charge is 0.164 e. The lowest BCUT2D eigenvalue weighted by Crippen LogP contribution is -2.00. The van der Waals surface area contributed by atoms with Crippen LogP contribution in [0.25, 0.3) is 100 Å². The molecule has 0 amide bonds. The molecule has 0 saturated heterocycles. The Morgan fingerprint density at radius 1 is 0.241 bits per heavy atom. The molecule has 8 aromatic carbocycles. The van der Waals surface area contributed by atoms with Crippen molar-refractivity contribution >= 4 is 32.4 Å². The van der Waals surface area contributed by atoms with Crippen LogP contribution in [0.5, 0.6) is 0 Å². The molecule has 10 rings (SSSR count). The highest BCUT2D eigenvalue weighted by atomic mass is 15.0. The highest BCUT2D eigenvalue weighted by molar-refractivity contribution is 6.14. The summed E-state index contributed by atoms with van der Waals surface area (Å²) < 4.78 is 0. The monoisotopic (exact) mass is 688 g/mol. The predicted molar refractivity (Wildman–Crippen MR) is 223 cm³/mol. The molecule has 0 N–H and O–H groups in total. The normalized spacial score (nSPS) is 11.3. The van der Waals surface area contributed by atoms with Gasteiger partial charge in [0.25, 0.3) is 0 Å². The summed E-state index contributed by atoms with van der Waals surface area (Å²) in [6.07, 6.45) is 0. The fraction of sp³-hybridized carbons (Fsp3) is 0. The van der Waals surface area contributed by atoms with Crippen LogP contribution in [0.2, 0.25) is 0 Å². The van der Waals surface area contributed by atoms with Gasteiger partial charge in [-0.3, -0.25) is 0 Å². The molecule has 10 aromatic rings. The molecule has 0 spiro atoms. The van der Waals surface area contributed by atoms with Gasteiger partial charge in [0.1, 0.15) is 0 Å². The summed E-state index contributed by atoms with van der Waals surface area (Å²) in [7, 11) is 0. The van der Waals surface area contributed by atoms with Crippen molar-refractivity contribution in [2.75, 3.05) is 0 Å². The SMILES string of the molecule is c1ccc(-c2ccc(-c3nc(-c4ccccc4)nc(-c4ccc(-c5ccc(-c6nc7cc8ccccc8cc7c7ccccc67)cc5)cc4)n3)cc2)cc1. The average Bonchev–Trinajstić information content (AvgIpc) is 3.26. The van der Waals surface area contributed by atoms with E-state index < -0.39 is 0 Å². The van der Waals surface area contributed by atoms with E-state index in [4.69, 9.17) is 19.9 Å². The first-order valence-corrected chi connectivity index (χ1v) is 18.1. The molecule has 4 nitrogen and oxygen atoms in total. The topological polar surface area (TPSA) is 51.6 Å². The Balaban J connectivity index is 0.981. The standard InChI is InChI=1S/C50H32N4/c1-3-11-33(12-4-1)34-21-27-39(28-22-34)49-52-48(38-13-5-2-6-14-38)53-50(54-49)40-29-23-36(24-30-40)35-19-25-37(26-20-35)47-44-18-10-9-17-43(44)45-31-41-15-7-8-16-42(41)32-46(45)51-47/h1-32H. The zero-order valence-electron chi connectivity index (χ0n) is 29.3. The molecule has 252 valence electrons. The van der Waals surface area contributed by atoms with Crippen molar-refractivity contribution in [1.82, 2.24) is 19.9 Å². The van der Waals surface area contributed by atoms with Crippen LogP contribution in [0, 0.1) is 0 Å². The molecule has 0 fully saturated rings. The van der Waals surface area contributed by atoms with E-state index in [1.54, 1.807) is 0 Å². The molecule has 2 heterocycles. The molecule has 0 radical (unpaired) electrons. The van der Waals surface area contributed by atoms with Crippen molar-refractivity contribution in [3.8, 4) is 67.7 Å². The quantitative estimate of drug-likeness (QED) is 0.129. The Bertz CT molecular complexity index is 2940. The van der Waals surface area contributed by atoms with Gasteiger partial charge in [-0.15, -0.1) is 0 Å². The molecular weight excluding hydrogens is 657 g/mol. The van der Waals surface area contributed by atoms with Gasteiger partial charge in [0, 0.05) is 33.0 Å². The van der Waals surface area contributed by atoms with Crippen molar-refractivity contribution in [2.24, 2.45) is 0 Å². The van der Waals surface area contributed by atoms with Crippen LogP contribution < -0.4 is 0 Å². The molecule has 0 atom stereocenters. The summed E-state index contributed by atoms with van der Waals surface area (Å²) in [5.74, 6) is 1.92. The van der Waals surface area contributed by atoms with E-state index in [9.17, 15) is 0 Å². The van der Waals surface area contributed by atoms with Gasteiger partial charge >= 0.3 is 0 Å². The second kappa shape index (κ2) is 13.4.